The summed E-state index contributed by atoms with van der Waals surface area (Å²) in [5.74, 6) is 39.9. The smallest absolute Gasteiger partial charge is 0.103 e. The first kappa shape index (κ1) is 51.9. The summed E-state index contributed by atoms with van der Waals surface area (Å²) in [6.07, 6.45) is 18.8. The highest BCUT2D eigenvalue weighted by molar-refractivity contribution is 5.84. The Morgan fingerprint density at radius 1 is 0.384 bits per heavy atom. The molecule has 0 radical (unpaired) electrons. The van der Waals surface area contributed by atoms with Crippen LogP contribution in [0.5, 0.6) is 0 Å². The van der Waals surface area contributed by atoms with Crippen molar-refractivity contribution in [1.82, 2.24) is 44.9 Å². The summed E-state index contributed by atoms with van der Waals surface area (Å²) in [5, 5.41) is 3.53. The van der Waals surface area contributed by atoms with E-state index in [9.17, 15) is 0 Å². The highest BCUT2D eigenvalue weighted by atomic mass is 14.9. The molecule has 6 aromatic heterocycles. The lowest BCUT2D eigenvalue weighted by atomic mass is 9.94. The van der Waals surface area contributed by atoms with Crippen LogP contribution in [0.3, 0.4) is 0 Å². The number of pyridine rings is 3. The summed E-state index contributed by atoms with van der Waals surface area (Å²) in [4.78, 5) is 36.5. The van der Waals surface area contributed by atoms with Gasteiger partial charge < -0.3 is 15.0 Å². The van der Waals surface area contributed by atoms with Gasteiger partial charge in [0.1, 0.15) is 5.82 Å². The van der Waals surface area contributed by atoms with Gasteiger partial charge in [-0.2, -0.15) is 0 Å². The van der Waals surface area contributed by atoms with Crippen LogP contribution in [0, 0.1) is 135 Å². The minimum Gasteiger partial charge on any atom is -0.348 e. The summed E-state index contributed by atoms with van der Waals surface area (Å²) >= 11 is 0. The molecule has 0 bridgehead atoms. The molecule has 0 spiro atoms. The molecule has 0 saturated heterocycles. The third-order valence-corrected chi connectivity index (χ3v) is 11.4. The summed E-state index contributed by atoms with van der Waals surface area (Å²) in [6, 6.07) is 31.1. The van der Waals surface area contributed by atoms with Gasteiger partial charge in [0.05, 0.1) is 46.3 Å². The number of terminal acetylenes is 2. The third kappa shape index (κ3) is 14.3. The Kier molecular flexibility index (Phi) is 19.2. The number of rotatable bonds is 6. The van der Waals surface area contributed by atoms with Crippen molar-refractivity contribution < 1.29 is 0 Å². The van der Waals surface area contributed by atoms with Gasteiger partial charge in [-0.25, -0.2) is 15.0 Å². The third-order valence-electron chi connectivity index (χ3n) is 11.4. The van der Waals surface area contributed by atoms with Crippen LogP contribution in [0.15, 0.2) is 122 Å². The molecule has 350 valence electrons. The highest BCUT2D eigenvalue weighted by Gasteiger charge is 2.19. The van der Waals surface area contributed by atoms with Gasteiger partial charge in [-0.15, -0.1) is 12.8 Å². The number of benzene rings is 3. The van der Waals surface area contributed by atoms with Crippen molar-refractivity contribution in [2.45, 2.75) is 66.2 Å². The first-order valence-corrected chi connectivity index (χ1v) is 23.1. The Hall–Kier alpha value is -10.4. The number of para-hydroxylation sites is 3. The zero-order chi connectivity index (χ0) is 51.8. The molecular formula is C64H49N9. The fourth-order valence-corrected chi connectivity index (χ4v) is 7.98. The van der Waals surface area contributed by atoms with Crippen molar-refractivity contribution >= 4 is 32.7 Å². The number of H-pyrrole nitrogens is 3. The Balaban J connectivity index is 0.000000159. The minimum atomic E-state index is 0.239. The number of imidazole rings is 3. The number of aryl methyl sites for hydroxylation is 4. The second kappa shape index (κ2) is 26.9. The number of aromatic nitrogens is 9. The molecule has 0 aliphatic carbocycles. The zero-order valence-corrected chi connectivity index (χ0v) is 41.6. The first-order valence-electron chi connectivity index (χ1n) is 23.1. The number of fused-ring (bicyclic) bond motifs is 3. The minimum absolute atomic E-state index is 0.239. The van der Waals surface area contributed by atoms with E-state index >= 15 is 0 Å². The fraction of sp³-hybridized carbons (Fsp3) is 0.156. The van der Waals surface area contributed by atoms with Gasteiger partial charge in [-0.3, -0.25) is 15.0 Å². The topological polar surface area (TPSA) is 125 Å². The maximum atomic E-state index is 4.88. The Morgan fingerprint density at radius 3 is 0.986 bits per heavy atom. The molecule has 6 heterocycles. The molecule has 9 nitrogen and oxygen atoms in total. The molecule has 9 aromatic rings. The van der Waals surface area contributed by atoms with Crippen molar-refractivity contribution in [2.75, 3.05) is 0 Å². The monoisotopic (exact) mass is 943 g/mol. The Bertz CT molecular complexity index is 3750. The summed E-state index contributed by atoms with van der Waals surface area (Å²) < 4.78 is 0. The normalized spacial score (nSPS) is 10.5. The lowest BCUT2D eigenvalue weighted by Crippen LogP contribution is -2.00. The quantitative estimate of drug-likeness (QED) is 0.143. The molecular weight excluding hydrogens is 895 g/mol. The van der Waals surface area contributed by atoms with Gasteiger partial charge in [0.2, 0.25) is 0 Å². The summed E-state index contributed by atoms with van der Waals surface area (Å²) in [5.41, 5.74) is 13.5. The Labute approximate surface area is 428 Å². The van der Waals surface area contributed by atoms with Gasteiger partial charge in [-0.05, 0) is 157 Å². The molecule has 0 saturated carbocycles. The van der Waals surface area contributed by atoms with E-state index in [1.165, 1.54) is 32.8 Å². The number of hydrogen-bond donors (Lipinski definition) is 3. The van der Waals surface area contributed by atoms with Crippen molar-refractivity contribution in [3.05, 3.63) is 179 Å². The predicted octanol–water partition coefficient (Wildman–Crippen LogP) is 10.8. The molecule has 0 aliphatic heterocycles. The second-order valence-electron chi connectivity index (χ2n) is 16.1. The summed E-state index contributed by atoms with van der Waals surface area (Å²) in [6.45, 7) is 14.7. The maximum absolute atomic E-state index is 4.88. The van der Waals surface area contributed by atoms with Crippen molar-refractivity contribution in [3.8, 4) is 108 Å². The van der Waals surface area contributed by atoms with Gasteiger partial charge in [0, 0.05) is 69.6 Å². The Morgan fingerprint density at radius 2 is 0.699 bits per heavy atom. The van der Waals surface area contributed by atoms with Crippen molar-refractivity contribution in [1.29, 1.82) is 0 Å². The second-order valence-corrected chi connectivity index (χ2v) is 16.1. The lowest BCUT2D eigenvalue weighted by Gasteiger charge is -2.12. The number of nitrogens with zero attached hydrogens (tertiary/aromatic N) is 6. The van der Waals surface area contributed by atoms with Crippen LogP contribution < -0.4 is 0 Å². The van der Waals surface area contributed by atoms with E-state index in [1.807, 2.05) is 43.7 Å². The number of aromatic amines is 3. The average molecular weight is 944 g/mol. The van der Waals surface area contributed by atoms with E-state index < -0.39 is 0 Å². The molecule has 9 rings (SSSR count). The van der Waals surface area contributed by atoms with E-state index in [-0.39, 0.29) is 17.8 Å². The van der Waals surface area contributed by atoms with Gasteiger partial charge in [0.25, 0.3) is 0 Å². The molecule has 3 aromatic carbocycles. The van der Waals surface area contributed by atoms with E-state index in [2.05, 4.69) is 254 Å². The molecule has 0 aliphatic rings. The predicted molar refractivity (Wildman–Crippen MR) is 295 cm³/mol. The van der Waals surface area contributed by atoms with Crippen LogP contribution in [-0.2, 0) is 0 Å². The van der Waals surface area contributed by atoms with Gasteiger partial charge in [-0.1, -0.05) is 93.6 Å². The van der Waals surface area contributed by atoms with Gasteiger partial charge >= 0.3 is 0 Å². The lowest BCUT2D eigenvalue weighted by molar-refractivity contribution is 0.873. The van der Waals surface area contributed by atoms with Crippen LogP contribution >= 0.6 is 0 Å². The molecule has 73 heavy (non-hydrogen) atoms. The van der Waals surface area contributed by atoms with Crippen molar-refractivity contribution in [3.63, 3.8) is 0 Å². The molecule has 3 atom stereocenters. The molecule has 3 N–H and O–H groups in total. The van der Waals surface area contributed by atoms with Crippen molar-refractivity contribution in [2.24, 2.45) is 0 Å². The van der Waals surface area contributed by atoms with Crippen LogP contribution in [0.2, 0.25) is 0 Å². The van der Waals surface area contributed by atoms with Crippen LogP contribution in [-0.4, -0.2) is 44.9 Å². The fourth-order valence-electron chi connectivity index (χ4n) is 7.98. The molecule has 0 amide bonds. The van der Waals surface area contributed by atoms with Crippen LogP contribution in [0.4, 0.5) is 0 Å². The van der Waals surface area contributed by atoms with E-state index in [0.717, 1.165) is 56.5 Å². The van der Waals surface area contributed by atoms with E-state index in [0.29, 0.717) is 0 Å². The molecule has 9 heteroatoms. The first-order chi connectivity index (χ1) is 35.6. The highest BCUT2D eigenvalue weighted by Crippen LogP contribution is 2.32. The van der Waals surface area contributed by atoms with E-state index in [4.69, 9.17) is 12.8 Å². The maximum Gasteiger partial charge on any atom is 0.103 e. The average Bonchev–Trinajstić information content (AvgIpc) is 4.16. The van der Waals surface area contributed by atoms with Crippen LogP contribution in [0.25, 0.3) is 32.7 Å². The largest absolute Gasteiger partial charge is 0.348 e. The standard InChI is InChI=1S/C18H2.C16H17N3.2C15H15N3/c1-3-5-7-9-11-13-15-17-18-16-14-12-10-8-6-4-2;1-10(15-11(2)18-12(3)19-15)14-8-4-6-13-7-5-9-17-16(13)14;2*1-10(14-11(2)17-9-18-14)13-7-3-5-12-6-4-8-16-15(12)13/h1-2H;4-10H,1-3H3,(H,18,19);2*3-10H,1-2H3,(H,17,18). The zero-order valence-electron chi connectivity index (χ0n) is 41.6. The molecule has 3 unspecified atom stereocenters. The molecule has 0 fully saturated rings. The summed E-state index contributed by atoms with van der Waals surface area (Å²) in [7, 11) is 0. The van der Waals surface area contributed by atoms with Gasteiger partial charge in [0.15, 0.2) is 0 Å². The van der Waals surface area contributed by atoms with E-state index in [1.54, 1.807) is 12.7 Å². The number of hydrogen-bond acceptors (Lipinski definition) is 6. The SMILES string of the molecule is C#CC#CC#CC#CC#CC#CC#CC#CC#C.Cc1[nH]cnc1C(C)c1cccc2cccnc12.Cc1[nH]cnc1C(C)c1cccc2cccnc12.Cc1nc(C(C)c2cccc3cccnc23)c(C)[nH]1. The van der Waals surface area contributed by atoms with Crippen LogP contribution in [0.1, 0.15) is 95.2 Å². The number of nitrogens with one attached hydrogen (secondary N) is 3.